The summed E-state index contributed by atoms with van der Waals surface area (Å²) < 4.78 is 15.0. The SMILES string of the molecule is CN(Cc1cnc2nccn2c1)Cc1cn[nH]c1-c1ccc(F)cc1. The van der Waals surface area contributed by atoms with E-state index in [1.807, 2.05) is 36.2 Å². The van der Waals surface area contributed by atoms with E-state index in [-0.39, 0.29) is 5.82 Å². The molecule has 0 aliphatic rings. The van der Waals surface area contributed by atoms with E-state index in [4.69, 9.17) is 0 Å². The molecule has 1 aromatic carbocycles. The van der Waals surface area contributed by atoms with Gasteiger partial charge in [-0.2, -0.15) is 5.10 Å². The van der Waals surface area contributed by atoms with Crippen molar-refractivity contribution in [3.63, 3.8) is 0 Å². The van der Waals surface area contributed by atoms with Gasteiger partial charge < -0.3 is 0 Å². The smallest absolute Gasteiger partial charge is 0.233 e. The van der Waals surface area contributed by atoms with Crippen molar-refractivity contribution in [2.24, 2.45) is 0 Å². The number of rotatable bonds is 5. The van der Waals surface area contributed by atoms with E-state index < -0.39 is 0 Å². The molecule has 4 aromatic rings. The lowest BCUT2D eigenvalue weighted by Crippen LogP contribution is -2.17. The first-order valence-electron chi connectivity index (χ1n) is 7.93. The van der Waals surface area contributed by atoms with Crippen molar-refractivity contribution >= 4 is 5.78 Å². The van der Waals surface area contributed by atoms with Crippen molar-refractivity contribution in [2.45, 2.75) is 13.1 Å². The summed E-state index contributed by atoms with van der Waals surface area (Å²) in [6.07, 6.45) is 9.30. The van der Waals surface area contributed by atoms with Crippen molar-refractivity contribution in [3.05, 3.63) is 72.2 Å². The van der Waals surface area contributed by atoms with Crippen molar-refractivity contribution in [1.82, 2.24) is 29.5 Å². The number of H-pyrrole nitrogens is 1. The summed E-state index contributed by atoms with van der Waals surface area (Å²) in [6, 6.07) is 6.41. The highest BCUT2D eigenvalue weighted by Crippen LogP contribution is 2.22. The molecule has 6 nitrogen and oxygen atoms in total. The Morgan fingerprint density at radius 3 is 2.80 bits per heavy atom. The second kappa shape index (κ2) is 6.45. The second-order valence-electron chi connectivity index (χ2n) is 6.05. The minimum Gasteiger partial charge on any atom is -0.298 e. The van der Waals surface area contributed by atoms with E-state index >= 15 is 0 Å². The molecule has 7 heteroatoms. The molecule has 0 aliphatic heterocycles. The molecule has 3 aromatic heterocycles. The Morgan fingerprint density at radius 2 is 1.96 bits per heavy atom. The van der Waals surface area contributed by atoms with Gasteiger partial charge in [-0.25, -0.2) is 14.4 Å². The average Bonchev–Trinajstić information content (AvgIpc) is 3.24. The molecule has 126 valence electrons. The maximum absolute atomic E-state index is 13.1. The van der Waals surface area contributed by atoms with Crippen LogP contribution in [0.15, 0.2) is 55.2 Å². The van der Waals surface area contributed by atoms with Crippen LogP contribution in [0.4, 0.5) is 4.39 Å². The Labute approximate surface area is 144 Å². The third-order valence-corrected chi connectivity index (χ3v) is 4.04. The van der Waals surface area contributed by atoms with Crippen LogP contribution in [0.1, 0.15) is 11.1 Å². The number of imidazole rings is 1. The minimum atomic E-state index is -0.246. The average molecular weight is 336 g/mol. The summed E-state index contributed by atoms with van der Waals surface area (Å²) in [5.41, 5.74) is 3.99. The Morgan fingerprint density at radius 1 is 1.12 bits per heavy atom. The molecule has 0 aliphatic carbocycles. The van der Waals surface area contributed by atoms with Crippen LogP contribution >= 0.6 is 0 Å². The lowest BCUT2D eigenvalue weighted by atomic mass is 10.1. The summed E-state index contributed by atoms with van der Waals surface area (Å²) in [6.45, 7) is 1.46. The van der Waals surface area contributed by atoms with Crippen LogP contribution in [-0.4, -0.2) is 36.5 Å². The molecule has 0 saturated carbocycles. The van der Waals surface area contributed by atoms with Crippen LogP contribution in [-0.2, 0) is 13.1 Å². The zero-order chi connectivity index (χ0) is 17.2. The fraction of sp³-hybridized carbons (Fsp3) is 0.167. The lowest BCUT2D eigenvalue weighted by molar-refractivity contribution is 0.318. The predicted molar refractivity (Wildman–Crippen MR) is 92.1 cm³/mol. The summed E-state index contributed by atoms with van der Waals surface area (Å²) in [7, 11) is 2.04. The Bertz CT molecular complexity index is 988. The second-order valence-corrected chi connectivity index (χ2v) is 6.05. The zero-order valence-corrected chi connectivity index (χ0v) is 13.7. The Kier molecular flexibility index (Phi) is 3.99. The lowest BCUT2D eigenvalue weighted by Gasteiger charge is -2.16. The standard InChI is InChI=1S/C18H17FN6/c1-24(10-13-8-21-18-20-6-7-25(18)11-13)12-15-9-22-23-17(15)14-2-4-16(19)5-3-14/h2-9,11H,10,12H2,1H3,(H,22,23). The zero-order valence-electron chi connectivity index (χ0n) is 13.7. The first-order valence-corrected chi connectivity index (χ1v) is 7.93. The molecule has 0 spiro atoms. The molecule has 0 bridgehead atoms. The van der Waals surface area contributed by atoms with Gasteiger partial charge >= 0.3 is 0 Å². The van der Waals surface area contributed by atoms with Crippen LogP contribution in [0.5, 0.6) is 0 Å². The molecule has 1 N–H and O–H groups in total. The molecule has 0 radical (unpaired) electrons. The fourth-order valence-corrected chi connectivity index (χ4v) is 2.90. The summed E-state index contributed by atoms with van der Waals surface area (Å²) >= 11 is 0. The summed E-state index contributed by atoms with van der Waals surface area (Å²) in [4.78, 5) is 10.7. The van der Waals surface area contributed by atoms with E-state index in [9.17, 15) is 4.39 Å². The van der Waals surface area contributed by atoms with Crippen LogP contribution in [0.2, 0.25) is 0 Å². The third kappa shape index (κ3) is 3.27. The number of aromatic nitrogens is 5. The minimum absolute atomic E-state index is 0.246. The van der Waals surface area contributed by atoms with E-state index in [2.05, 4.69) is 25.1 Å². The van der Waals surface area contributed by atoms with E-state index in [1.165, 1.54) is 12.1 Å². The molecule has 0 amide bonds. The van der Waals surface area contributed by atoms with Gasteiger partial charge in [0.15, 0.2) is 0 Å². The molecule has 0 unspecified atom stereocenters. The predicted octanol–water partition coefficient (Wildman–Crippen LogP) is 2.89. The summed E-state index contributed by atoms with van der Waals surface area (Å²) in [5.74, 6) is 0.448. The third-order valence-electron chi connectivity index (χ3n) is 4.04. The topological polar surface area (TPSA) is 62.1 Å². The van der Waals surface area contributed by atoms with Crippen molar-refractivity contribution in [2.75, 3.05) is 7.05 Å². The van der Waals surface area contributed by atoms with Gasteiger partial charge in [-0.1, -0.05) is 0 Å². The largest absolute Gasteiger partial charge is 0.298 e. The van der Waals surface area contributed by atoms with Crippen molar-refractivity contribution in [1.29, 1.82) is 0 Å². The van der Waals surface area contributed by atoms with E-state index in [0.717, 1.165) is 28.9 Å². The van der Waals surface area contributed by atoms with Crippen LogP contribution in [0.25, 0.3) is 17.0 Å². The van der Waals surface area contributed by atoms with Crippen LogP contribution < -0.4 is 0 Å². The number of hydrogen-bond donors (Lipinski definition) is 1. The highest BCUT2D eigenvalue weighted by Gasteiger charge is 2.11. The normalized spacial score (nSPS) is 11.5. The molecule has 0 atom stereocenters. The number of aromatic amines is 1. The van der Waals surface area contributed by atoms with Gasteiger partial charge in [-0.3, -0.25) is 14.4 Å². The number of halogens is 1. The van der Waals surface area contributed by atoms with Gasteiger partial charge in [0.05, 0.1) is 11.9 Å². The first kappa shape index (κ1) is 15.5. The monoisotopic (exact) mass is 336 g/mol. The molecular formula is C18H17FN6. The molecule has 3 heterocycles. The maximum Gasteiger partial charge on any atom is 0.233 e. The van der Waals surface area contributed by atoms with Crippen LogP contribution in [0.3, 0.4) is 0 Å². The van der Waals surface area contributed by atoms with Crippen molar-refractivity contribution < 1.29 is 4.39 Å². The highest BCUT2D eigenvalue weighted by atomic mass is 19.1. The van der Waals surface area contributed by atoms with E-state index in [1.54, 1.807) is 18.3 Å². The van der Waals surface area contributed by atoms with Gasteiger partial charge in [0.25, 0.3) is 0 Å². The maximum atomic E-state index is 13.1. The Hall–Kier alpha value is -3.06. The molecule has 4 rings (SSSR count). The number of nitrogens with zero attached hydrogens (tertiary/aromatic N) is 5. The number of nitrogens with one attached hydrogen (secondary N) is 1. The number of benzene rings is 1. The van der Waals surface area contributed by atoms with Gasteiger partial charge in [0.1, 0.15) is 5.82 Å². The fourth-order valence-electron chi connectivity index (χ4n) is 2.90. The van der Waals surface area contributed by atoms with Gasteiger partial charge in [0.2, 0.25) is 5.78 Å². The number of fused-ring (bicyclic) bond motifs is 1. The molecular weight excluding hydrogens is 319 g/mol. The van der Waals surface area contributed by atoms with Gasteiger partial charge in [-0.15, -0.1) is 0 Å². The van der Waals surface area contributed by atoms with Crippen molar-refractivity contribution in [3.8, 4) is 11.3 Å². The molecule has 0 saturated heterocycles. The Balaban J connectivity index is 1.50. The quantitative estimate of drug-likeness (QED) is 0.609. The van der Waals surface area contributed by atoms with Gasteiger partial charge in [-0.05, 0) is 31.3 Å². The summed E-state index contributed by atoms with van der Waals surface area (Å²) in [5, 5.41) is 7.15. The first-order chi connectivity index (χ1) is 12.2. The molecule has 0 fully saturated rings. The number of hydrogen-bond acceptors (Lipinski definition) is 4. The van der Waals surface area contributed by atoms with Crippen LogP contribution in [0, 0.1) is 5.82 Å². The van der Waals surface area contributed by atoms with Gasteiger partial charge in [0, 0.05) is 54.6 Å². The molecule has 25 heavy (non-hydrogen) atoms. The van der Waals surface area contributed by atoms with E-state index in [0.29, 0.717) is 12.3 Å². The highest BCUT2D eigenvalue weighted by molar-refractivity contribution is 5.62.